The molecule has 16 heavy (non-hydrogen) atoms. The first kappa shape index (κ1) is 16.0. The van der Waals surface area contributed by atoms with E-state index in [9.17, 15) is 0 Å². The van der Waals surface area contributed by atoms with Crippen LogP contribution in [-0.4, -0.2) is 9.52 Å². The Balaban J connectivity index is 2.85. The molecule has 0 saturated heterocycles. The van der Waals surface area contributed by atoms with E-state index in [1.165, 1.54) is 76.7 Å². The van der Waals surface area contributed by atoms with Crippen molar-refractivity contribution in [3.63, 3.8) is 0 Å². The zero-order valence-electron chi connectivity index (χ0n) is 11.5. The predicted octanol–water partition coefficient (Wildman–Crippen LogP) is 5.03. The topological polar surface area (TPSA) is 0 Å². The zero-order chi connectivity index (χ0) is 11.9. The lowest BCUT2D eigenvalue weighted by atomic mass is 10.1. The molecule has 0 bridgehead atoms. The standard InChI is InChI=1S/C15H32Si/c1-3-5-6-7-8-9-10-11-12-13-14-15-16-4-2/h4H,2-3,5-16H2,1H3. The van der Waals surface area contributed by atoms with E-state index in [0.29, 0.717) is 0 Å². The summed E-state index contributed by atoms with van der Waals surface area (Å²) in [5, 5.41) is 0. The van der Waals surface area contributed by atoms with Crippen LogP contribution in [0.15, 0.2) is 12.3 Å². The Bertz CT molecular complexity index is 131. The average Bonchev–Trinajstić information content (AvgIpc) is 2.31. The molecule has 0 rings (SSSR count). The van der Waals surface area contributed by atoms with Crippen molar-refractivity contribution in [3.05, 3.63) is 12.3 Å². The molecule has 0 amide bonds. The molecule has 0 aromatic rings. The highest BCUT2D eigenvalue weighted by Gasteiger charge is 1.92. The number of hydrogen-bond acceptors (Lipinski definition) is 0. The summed E-state index contributed by atoms with van der Waals surface area (Å²) in [5.74, 6) is 0. The molecule has 0 aliphatic heterocycles. The highest BCUT2D eigenvalue weighted by atomic mass is 28.2. The van der Waals surface area contributed by atoms with Crippen LogP contribution < -0.4 is 0 Å². The smallest absolute Gasteiger partial charge is 0.0446 e. The summed E-state index contributed by atoms with van der Waals surface area (Å²) in [6.07, 6.45) is 16.1. The van der Waals surface area contributed by atoms with Crippen molar-refractivity contribution in [1.29, 1.82) is 0 Å². The third-order valence-electron chi connectivity index (χ3n) is 3.26. The SMILES string of the molecule is C=C[SiH2]CCCCCCCCCCCCC. The average molecular weight is 241 g/mol. The van der Waals surface area contributed by atoms with E-state index in [1.54, 1.807) is 0 Å². The molecule has 1 heteroatoms. The fraction of sp³-hybridized carbons (Fsp3) is 0.867. The predicted molar refractivity (Wildman–Crippen MR) is 80.0 cm³/mol. The molecule has 0 spiro atoms. The van der Waals surface area contributed by atoms with Crippen LogP contribution in [0, 0.1) is 0 Å². The van der Waals surface area contributed by atoms with E-state index in [0.717, 1.165) is 0 Å². The first-order valence-electron chi connectivity index (χ1n) is 7.52. The van der Waals surface area contributed by atoms with Crippen molar-refractivity contribution in [3.8, 4) is 0 Å². The summed E-state index contributed by atoms with van der Waals surface area (Å²) < 4.78 is 0. The van der Waals surface area contributed by atoms with Crippen LogP contribution in [-0.2, 0) is 0 Å². The Labute approximate surface area is 106 Å². The summed E-state index contributed by atoms with van der Waals surface area (Å²) in [4.78, 5) is 0. The Morgan fingerprint density at radius 1 is 0.750 bits per heavy atom. The molecule has 0 N–H and O–H groups in total. The Kier molecular flexibility index (Phi) is 14.9. The summed E-state index contributed by atoms with van der Waals surface area (Å²) in [7, 11) is 0.130. The monoisotopic (exact) mass is 240 g/mol. The van der Waals surface area contributed by atoms with Gasteiger partial charge in [-0.2, -0.15) is 0 Å². The molecule has 0 atom stereocenters. The molecule has 0 fully saturated rings. The van der Waals surface area contributed by atoms with E-state index in [-0.39, 0.29) is 9.52 Å². The van der Waals surface area contributed by atoms with Crippen LogP contribution in [0.25, 0.3) is 0 Å². The fourth-order valence-corrected chi connectivity index (χ4v) is 3.06. The highest BCUT2D eigenvalue weighted by Crippen LogP contribution is 2.11. The minimum Gasteiger partial charge on any atom is -0.109 e. The second kappa shape index (κ2) is 15.0. The lowest BCUT2D eigenvalue weighted by molar-refractivity contribution is 0.554. The lowest BCUT2D eigenvalue weighted by Crippen LogP contribution is -1.85. The van der Waals surface area contributed by atoms with Crippen molar-refractivity contribution >= 4 is 9.52 Å². The molecule has 0 aromatic heterocycles. The minimum atomic E-state index is 0.130. The van der Waals surface area contributed by atoms with Crippen molar-refractivity contribution < 1.29 is 0 Å². The summed E-state index contributed by atoms with van der Waals surface area (Å²) in [6, 6.07) is 1.49. The van der Waals surface area contributed by atoms with Gasteiger partial charge in [0.05, 0.1) is 0 Å². The first-order valence-corrected chi connectivity index (χ1v) is 9.34. The molecule has 96 valence electrons. The van der Waals surface area contributed by atoms with Gasteiger partial charge in [-0.05, 0) is 0 Å². The fourth-order valence-electron chi connectivity index (χ4n) is 2.13. The molecule has 0 saturated carbocycles. The lowest BCUT2D eigenvalue weighted by Gasteiger charge is -2.01. The molecule has 0 aliphatic carbocycles. The van der Waals surface area contributed by atoms with Gasteiger partial charge in [0.1, 0.15) is 0 Å². The van der Waals surface area contributed by atoms with E-state index in [1.807, 2.05) is 0 Å². The van der Waals surface area contributed by atoms with Crippen molar-refractivity contribution in [2.45, 2.75) is 83.6 Å². The van der Waals surface area contributed by atoms with Gasteiger partial charge in [0.15, 0.2) is 0 Å². The highest BCUT2D eigenvalue weighted by molar-refractivity contribution is 6.41. The zero-order valence-corrected chi connectivity index (χ0v) is 12.9. The number of hydrogen-bond donors (Lipinski definition) is 0. The van der Waals surface area contributed by atoms with Gasteiger partial charge < -0.3 is 0 Å². The Morgan fingerprint density at radius 2 is 1.19 bits per heavy atom. The second-order valence-corrected chi connectivity index (χ2v) is 6.83. The van der Waals surface area contributed by atoms with E-state index < -0.39 is 0 Å². The largest absolute Gasteiger partial charge is 0.109 e. The van der Waals surface area contributed by atoms with Crippen LogP contribution in [0.2, 0.25) is 6.04 Å². The normalized spacial score (nSPS) is 11.3. The van der Waals surface area contributed by atoms with Gasteiger partial charge in [0.2, 0.25) is 0 Å². The molecule has 0 unspecified atom stereocenters. The molecule has 0 aliphatic rings. The minimum absolute atomic E-state index is 0.130. The van der Waals surface area contributed by atoms with Gasteiger partial charge in [-0.25, -0.2) is 0 Å². The van der Waals surface area contributed by atoms with Gasteiger partial charge in [-0.3, -0.25) is 0 Å². The van der Waals surface area contributed by atoms with E-state index >= 15 is 0 Å². The van der Waals surface area contributed by atoms with Crippen LogP contribution >= 0.6 is 0 Å². The molecular weight excluding hydrogens is 208 g/mol. The third-order valence-corrected chi connectivity index (χ3v) is 4.58. The van der Waals surface area contributed by atoms with Crippen molar-refractivity contribution in [2.24, 2.45) is 0 Å². The first-order chi connectivity index (χ1) is 7.91. The number of unbranched alkanes of at least 4 members (excludes halogenated alkanes) is 10. The van der Waals surface area contributed by atoms with Gasteiger partial charge in [0, 0.05) is 9.52 Å². The Morgan fingerprint density at radius 3 is 1.62 bits per heavy atom. The molecule has 0 aromatic carbocycles. The van der Waals surface area contributed by atoms with Gasteiger partial charge in [-0.1, -0.05) is 83.6 Å². The number of rotatable bonds is 13. The molecule has 0 heterocycles. The second-order valence-electron chi connectivity index (χ2n) is 4.97. The molecule has 0 radical (unpaired) electrons. The van der Waals surface area contributed by atoms with Crippen LogP contribution in [0.1, 0.15) is 77.6 Å². The van der Waals surface area contributed by atoms with Crippen LogP contribution in [0.4, 0.5) is 0 Å². The summed E-state index contributed by atoms with van der Waals surface area (Å²) in [6.45, 7) is 6.10. The summed E-state index contributed by atoms with van der Waals surface area (Å²) in [5.41, 5.74) is 2.18. The maximum absolute atomic E-state index is 3.81. The molecule has 0 nitrogen and oxygen atoms in total. The Hall–Kier alpha value is -0.0431. The summed E-state index contributed by atoms with van der Waals surface area (Å²) >= 11 is 0. The maximum atomic E-state index is 3.81. The molecular formula is C15H32Si. The van der Waals surface area contributed by atoms with E-state index in [4.69, 9.17) is 0 Å². The van der Waals surface area contributed by atoms with Gasteiger partial charge in [-0.15, -0.1) is 12.3 Å². The maximum Gasteiger partial charge on any atom is 0.0446 e. The third kappa shape index (κ3) is 14.0. The van der Waals surface area contributed by atoms with Gasteiger partial charge in [0.25, 0.3) is 0 Å². The van der Waals surface area contributed by atoms with Crippen molar-refractivity contribution in [2.75, 3.05) is 0 Å². The van der Waals surface area contributed by atoms with Gasteiger partial charge >= 0.3 is 0 Å². The van der Waals surface area contributed by atoms with E-state index in [2.05, 4.69) is 19.2 Å². The van der Waals surface area contributed by atoms with Crippen LogP contribution in [0.5, 0.6) is 0 Å². The van der Waals surface area contributed by atoms with Crippen LogP contribution in [0.3, 0.4) is 0 Å². The van der Waals surface area contributed by atoms with Crippen molar-refractivity contribution in [1.82, 2.24) is 0 Å². The quantitative estimate of drug-likeness (QED) is 0.313.